The van der Waals surface area contributed by atoms with Crippen molar-refractivity contribution in [2.75, 3.05) is 50.6 Å². The number of hydrogen-bond donors (Lipinski definition) is 1. The molecule has 192 valence electrons. The second-order valence-corrected chi connectivity index (χ2v) is 8.50. The maximum Gasteiger partial charge on any atom is 0.227 e. The van der Waals surface area contributed by atoms with Crippen molar-refractivity contribution in [3.8, 4) is 17.3 Å². The molecule has 0 spiro atoms. The van der Waals surface area contributed by atoms with Gasteiger partial charge >= 0.3 is 0 Å². The molecule has 1 N–H and O–H groups in total. The number of nitrogens with zero attached hydrogens (tertiary/aromatic N) is 6. The van der Waals surface area contributed by atoms with Crippen LogP contribution in [0.3, 0.4) is 0 Å². The van der Waals surface area contributed by atoms with Crippen molar-refractivity contribution in [3.05, 3.63) is 78.6 Å². The van der Waals surface area contributed by atoms with Gasteiger partial charge in [-0.1, -0.05) is 26.8 Å². The van der Waals surface area contributed by atoms with Crippen LogP contribution < -0.4 is 10.2 Å². The van der Waals surface area contributed by atoms with Crippen molar-refractivity contribution in [2.24, 2.45) is 4.99 Å². The predicted molar refractivity (Wildman–Crippen MR) is 151 cm³/mol. The normalized spacial score (nSPS) is 13.2. The topological polar surface area (TPSA) is 89.7 Å². The zero-order valence-corrected chi connectivity index (χ0v) is 22.1. The molecule has 4 rings (SSSR count). The summed E-state index contributed by atoms with van der Waals surface area (Å²) in [4.78, 5) is 17.5. The van der Waals surface area contributed by atoms with Crippen LogP contribution in [0.15, 0.2) is 72.5 Å². The van der Waals surface area contributed by atoms with Gasteiger partial charge in [-0.2, -0.15) is 5.26 Å². The molecule has 3 aromatic rings. The van der Waals surface area contributed by atoms with Crippen LogP contribution >= 0.6 is 0 Å². The van der Waals surface area contributed by atoms with Gasteiger partial charge in [0.05, 0.1) is 30.5 Å². The zero-order chi connectivity index (χ0) is 26.6. The van der Waals surface area contributed by atoms with Gasteiger partial charge < -0.3 is 19.9 Å². The van der Waals surface area contributed by atoms with E-state index in [4.69, 9.17) is 9.72 Å². The van der Waals surface area contributed by atoms with Gasteiger partial charge in [-0.25, -0.2) is 9.97 Å². The number of aromatic nitrogens is 2. The minimum absolute atomic E-state index is 0.480. The van der Waals surface area contributed by atoms with Crippen LogP contribution in [0.2, 0.25) is 0 Å². The number of nitriles is 1. The number of benzene rings is 2. The highest BCUT2D eigenvalue weighted by Gasteiger charge is 2.14. The Morgan fingerprint density at radius 3 is 2.51 bits per heavy atom. The fraction of sp³-hybridized carbons (Fsp3) is 0.310. The molecule has 8 heteroatoms. The molecule has 1 aliphatic heterocycles. The Morgan fingerprint density at radius 2 is 1.89 bits per heavy atom. The average molecular weight is 498 g/mol. The van der Waals surface area contributed by atoms with Crippen LogP contribution in [0.1, 0.15) is 31.4 Å². The van der Waals surface area contributed by atoms with Crippen LogP contribution in [0.4, 0.5) is 17.3 Å². The molecular formula is C29H35N7O. The lowest BCUT2D eigenvalue weighted by Gasteiger charge is -2.29. The molecule has 2 heterocycles. The van der Waals surface area contributed by atoms with Crippen LogP contribution in [0, 0.1) is 11.3 Å². The highest BCUT2D eigenvalue weighted by molar-refractivity contribution is 5.99. The van der Waals surface area contributed by atoms with Gasteiger partial charge in [-0.3, -0.25) is 4.99 Å². The van der Waals surface area contributed by atoms with E-state index in [1.807, 2.05) is 54.4 Å². The number of nitrogens with one attached hydrogen (secondary N) is 1. The lowest BCUT2D eigenvalue weighted by atomic mass is 10.1. The molecule has 1 fully saturated rings. The minimum Gasteiger partial charge on any atom is -0.378 e. The molecule has 0 atom stereocenters. The monoisotopic (exact) mass is 497 g/mol. The summed E-state index contributed by atoms with van der Waals surface area (Å²) in [6, 6.07) is 17.8. The number of hydrogen-bond acceptors (Lipinski definition) is 7. The van der Waals surface area contributed by atoms with Crippen molar-refractivity contribution >= 4 is 23.2 Å². The molecule has 0 amide bonds. The molecule has 2 aromatic carbocycles. The summed E-state index contributed by atoms with van der Waals surface area (Å²) in [5.74, 6) is 1.31. The van der Waals surface area contributed by atoms with Crippen molar-refractivity contribution < 1.29 is 4.74 Å². The molecule has 0 aliphatic carbocycles. The first-order valence-electron chi connectivity index (χ1n) is 12.4. The van der Waals surface area contributed by atoms with Crippen LogP contribution in [-0.4, -0.2) is 61.1 Å². The smallest absolute Gasteiger partial charge is 0.227 e. The van der Waals surface area contributed by atoms with Gasteiger partial charge in [-0.15, -0.1) is 0 Å². The standard InChI is InChI=1S/C26H27N7O.C3H8/c1-4-32(3)25(28-2)20-5-7-22(8-6-20)30-26-29-10-9-24(31-26)21-15-19(18-27)16-23(17-21)33-11-13-34-14-12-33;1-3-2/h4-10,15-17H,1,11-14H2,2-3H3,(H,29,30,31);3H2,1-2H3. The zero-order valence-electron chi connectivity index (χ0n) is 22.1. The molecule has 1 aliphatic rings. The Bertz CT molecular complexity index is 1240. The first kappa shape index (κ1) is 27.4. The third-order valence-electron chi connectivity index (χ3n) is 5.59. The van der Waals surface area contributed by atoms with E-state index in [9.17, 15) is 5.26 Å². The predicted octanol–water partition coefficient (Wildman–Crippen LogP) is 5.46. The van der Waals surface area contributed by atoms with Crippen molar-refractivity contribution in [1.82, 2.24) is 14.9 Å². The average Bonchev–Trinajstić information content (AvgIpc) is 2.95. The number of rotatable bonds is 6. The Hall–Kier alpha value is -4.22. The Labute approximate surface area is 220 Å². The van der Waals surface area contributed by atoms with Gasteiger partial charge in [0.1, 0.15) is 5.84 Å². The number of morpholine rings is 1. The van der Waals surface area contributed by atoms with Gasteiger partial charge in [0.25, 0.3) is 0 Å². The fourth-order valence-corrected chi connectivity index (χ4v) is 3.82. The van der Waals surface area contributed by atoms with E-state index in [0.29, 0.717) is 24.7 Å². The molecule has 8 nitrogen and oxygen atoms in total. The summed E-state index contributed by atoms with van der Waals surface area (Å²) >= 11 is 0. The second kappa shape index (κ2) is 13.8. The molecular weight excluding hydrogens is 462 g/mol. The third-order valence-corrected chi connectivity index (χ3v) is 5.59. The highest BCUT2D eigenvalue weighted by Crippen LogP contribution is 2.27. The number of amidine groups is 1. The van der Waals surface area contributed by atoms with Gasteiger partial charge in [-0.05, 0) is 54.7 Å². The number of aliphatic imine (C=N–C) groups is 1. The highest BCUT2D eigenvalue weighted by atomic mass is 16.5. The van der Waals surface area contributed by atoms with E-state index < -0.39 is 0 Å². The first-order chi connectivity index (χ1) is 18.0. The summed E-state index contributed by atoms with van der Waals surface area (Å²) in [5.41, 5.74) is 5.05. The molecule has 1 saturated heterocycles. The fourth-order valence-electron chi connectivity index (χ4n) is 3.82. The van der Waals surface area contributed by atoms with Crippen LogP contribution in [0.25, 0.3) is 11.3 Å². The summed E-state index contributed by atoms with van der Waals surface area (Å²) < 4.78 is 5.46. The first-order valence-corrected chi connectivity index (χ1v) is 12.4. The van der Waals surface area contributed by atoms with Gasteiger partial charge in [0.15, 0.2) is 0 Å². The number of anilines is 3. The van der Waals surface area contributed by atoms with Gasteiger partial charge in [0.2, 0.25) is 5.95 Å². The maximum atomic E-state index is 9.56. The number of ether oxygens (including phenoxy) is 1. The van der Waals surface area contributed by atoms with E-state index in [1.54, 1.807) is 19.4 Å². The molecule has 37 heavy (non-hydrogen) atoms. The molecule has 0 saturated carbocycles. The molecule has 0 radical (unpaired) electrons. The third kappa shape index (κ3) is 7.38. The minimum atomic E-state index is 0.480. The largest absolute Gasteiger partial charge is 0.378 e. The quantitative estimate of drug-likeness (QED) is 0.357. The van der Waals surface area contributed by atoms with E-state index in [0.717, 1.165) is 47.1 Å². The lowest BCUT2D eigenvalue weighted by molar-refractivity contribution is 0.122. The van der Waals surface area contributed by atoms with Crippen LogP contribution in [-0.2, 0) is 4.74 Å². The Morgan fingerprint density at radius 1 is 1.19 bits per heavy atom. The van der Waals surface area contributed by atoms with E-state index in [1.165, 1.54) is 6.42 Å². The molecule has 0 bridgehead atoms. The maximum absolute atomic E-state index is 9.56. The second-order valence-electron chi connectivity index (χ2n) is 8.50. The summed E-state index contributed by atoms with van der Waals surface area (Å²) in [6.07, 6.45) is 4.69. The van der Waals surface area contributed by atoms with Crippen molar-refractivity contribution in [1.29, 1.82) is 5.26 Å². The summed E-state index contributed by atoms with van der Waals surface area (Å²) in [7, 11) is 3.67. The lowest BCUT2D eigenvalue weighted by Crippen LogP contribution is -2.36. The Balaban J connectivity index is 0.00000121. The van der Waals surface area contributed by atoms with Crippen molar-refractivity contribution in [2.45, 2.75) is 20.3 Å². The SMILES string of the molecule is C=CN(C)C(=NC)c1ccc(Nc2nccc(-c3cc(C#N)cc(N4CCOCC4)c3)n2)cc1.CCC. The van der Waals surface area contributed by atoms with E-state index in [-0.39, 0.29) is 0 Å². The summed E-state index contributed by atoms with van der Waals surface area (Å²) in [5, 5.41) is 12.8. The van der Waals surface area contributed by atoms with Gasteiger partial charge in [0, 0.05) is 55.9 Å². The molecule has 1 aromatic heterocycles. The molecule has 0 unspecified atom stereocenters. The Kier molecular flexibility index (Phi) is 10.2. The summed E-state index contributed by atoms with van der Waals surface area (Å²) in [6.45, 7) is 11.0. The van der Waals surface area contributed by atoms with E-state index >= 15 is 0 Å². The van der Waals surface area contributed by atoms with Crippen LogP contribution in [0.5, 0.6) is 0 Å². The van der Waals surface area contributed by atoms with Crippen molar-refractivity contribution in [3.63, 3.8) is 0 Å². The van der Waals surface area contributed by atoms with E-state index in [2.05, 4.69) is 52.8 Å².